The van der Waals surface area contributed by atoms with Crippen LogP contribution in [-0.4, -0.2) is 15.7 Å². The molecule has 0 spiro atoms. The van der Waals surface area contributed by atoms with Crippen molar-refractivity contribution in [1.82, 2.24) is 15.1 Å². The molecule has 0 aliphatic heterocycles. The molecule has 27 heavy (non-hydrogen) atoms. The van der Waals surface area contributed by atoms with E-state index in [0.717, 1.165) is 31.4 Å². The number of amides is 1. The third kappa shape index (κ3) is 4.22. The fourth-order valence-corrected chi connectivity index (χ4v) is 3.78. The molecule has 0 radical (unpaired) electrons. The zero-order chi connectivity index (χ0) is 18.6. The Hall–Kier alpha value is -2.60. The van der Waals surface area contributed by atoms with Crippen molar-refractivity contribution in [2.75, 3.05) is 0 Å². The van der Waals surface area contributed by atoms with E-state index in [-0.39, 0.29) is 11.9 Å². The van der Waals surface area contributed by atoms with Crippen LogP contribution in [0.2, 0.25) is 0 Å². The molecular formula is C21H20BrN3O2. The number of nitrogens with zero attached hydrogens (tertiary/aromatic N) is 2. The van der Waals surface area contributed by atoms with Crippen molar-refractivity contribution in [2.24, 2.45) is 0 Å². The number of carbonyl (C=O) groups is 1. The van der Waals surface area contributed by atoms with Gasteiger partial charge in [0.05, 0.1) is 18.8 Å². The highest BCUT2D eigenvalue weighted by Gasteiger charge is 2.25. The number of rotatable bonds is 5. The summed E-state index contributed by atoms with van der Waals surface area (Å²) in [4.78, 5) is 12.3. The highest BCUT2D eigenvalue weighted by Crippen LogP contribution is 2.30. The molecule has 1 unspecified atom stereocenters. The number of hydrogen-bond acceptors (Lipinski definition) is 3. The van der Waals surface area contributed by atoms with Gasteiger partial charge in [0.25, 0.3) is 0 Å². The first-order valence-electron chi connectivity index (χ1n) is 9.01. The number of aromatic nitrogens is 2. The number of carbonyl (C=O) groups excluding carboxylic acids is 1. The van der Waals surface area contributed by atoms with Gasteiger partial charge in [0, 0.05) is 17.3 Å². The largest absolute Gasteiger partial charge is 0.450 e. The molecule has 1 amide bonds. The molecule has 6 heteroatoms. The second-order valence-electron chi connectivity index (χ2n) is 6.62. The molecule has 2 heterocycles. The Morgan fingerprint density at radius 3 is 2.93 bits per heavy atom. The van der Waals surface area contributed by atoms with Gasteiger partial charge in [-0.1, -0.05) is 30.3 Å². The summed E-state index contributed by atoms with van der Waals surface area (Å²) in [7, 11) is 0. The molecule has 0 saturated carbocycles. The summed E-state index contributed by atoms with van der Waals surface area (Å²) in [6.45, 7) is 0.754. The number of hydrogen-bond donors (Lipinski definition) is 1. The van der Waals surface area contributed by atoms with E-state index in [0.29, 0.717) is 10.4 Å². The van der Waals surface area contributed by atoms with Gasteiger partial charge in [0.2, 0.25) is 5.91 Å². The Kier molecular flexibility index (Phi) is 5.25. The van der Waals surface area contributed by atoms with E-state index in [9.17, 15) is 4.79 Å². The maximum atomic E-state index is 12.3. The van der Waals surface area contributed by atoms with Crippen molar-refractivity contribution in [3.05, 3.63) is 82.0 Å². The molecule has 3 aromatic rings. The smallest absolute Gasteiger partial charge is 0.244 e. The first kappa shape index (κ1) is 17.8. The average molecular weight is 426 g/mol. The maximum Gasteiger partial charge on any atom is 0.244 e. The normalized spacial score (nSPS) is 16.4. The molecule has 5 nitrogen and oxygen atoms in total. The van der Waals surface area contributed by atoms with Gasteiger partial charge in [0.15, 0.2) is 4.67 Å². The lowest BCUT2D eigenvalue weighted by Crippen LogP contribution is -2.29. The van der Waals surface area contributed by atoms with Gasteiger partial charge in [-0.15, -0.1) is 0 Å². The van der Waals surface area contributed by atoms with Gasteiger partial charge < -0.3 is 9.73 Å². The van der Waals surface area contributed by atoms with Crippen molar-refractivity contribution in [3.8, 4) is 0 Å². The zero-order valence-electron chi connectivity index (χ0n) is 14.8. The van der Waals surface area contributed by atoms with Crippen molar-refractivity contribution in [3.63, 3.8) is 0 Å². The maximum absolute atomic E-state index is 12.3. The fraction of sp³-hybridized carbons (Fsp3) is 0.238. The second kappa shape index (κ2) is 7.96. The standard InChI is InChI=1S/C21H20BrN3O2/c22-20-11-9-16(27-20)10-12-21(26)24-18-7-4-8-19-17(18)13-23-25(19)14-15-5-2-1-3-6-15/h1-3,5-6,9-13,18H,4,7-8,14H2,(H,24,26). The third-order valence-corrected chi connectivity index (χ3v) is 5.17. The molecule has 2 aromatic heterocycles. The number of furan rings is 1. The summed E-state index contributed by atoms with van der Waals surface area (Å²) >= 11 is 3.25. The van der Waals surface area contributed by atoms with Crippen LogP contribution in [0.3, 0.4) is 0 Å². The van der Waals surface area contributed by atoms with Gasteiger partial charge in [0.1, 0.15) is 5.76 Å². The van der Waals surface area contributed by atoms with Gasteiger partial charge >= 0.3 is 0 Å². The monoisotopic (exact) mass is 425 g/mol. The molecule has 138 valence electrons. The summed E-state index contributed by atoms with van der Waals surface area (Å²) in [6.07, 6.45) is 8.03. The molecule has 1 aliphatic rings. The first-order chi connectivity index (χ1) is 13.2. The lowest BCUT2D eigenvalue weighted by Gasteiger charge is -2.23. The minimum Gasteiger partial charge on any atom is -0.450 e. The van der Waals surface area contributed by atoms with Crippen molar-refractivity contribution < 1.29 is 9.21 Å². The SMILES string of the molecule is O=C(C=Cc1ccc(Br)o1)NC1CCCc2c1cnn2Cc1ccccc1. The first-order valence-corrected chi connectivity index (χ1v) is 9.81. The summed E-state index contributed by atoms with van der Waals surface area (Å²) in [5.41, 5.74) is 3.57. The Labute approximate surface area is 166 Å². The topological polar surface area (TPSA) is 60.1 Å². The van der Waals surface area contributed by atoms with E-state index in [2.05, 4.69) is 43.2 Å². The highest BCUT2D eigenvalue weighted by atomic mass is 79.9. The van der Waals surface area contributed by atoms with Crippen molar-refractivity contribution in [2.45, 2.75) is 31.8 Å². The molecule has 1 aromatic carbocycles. The predicted molar refractivity (Wildman–Crippen MR) is 107 cm³/mol. The number of benzene rings is 1. The fourth-order valence-electron chi connectivity index (χ4n) is 3.46. The molecule has 0 bridgehead atoms. The minimum atomic E-state index is -0.129. The van der Waals surface area contributed by atoms with Crippen LogP contribution in [0.4, 0.5) is 0 Å². The summed E-state index contributed by atoms with van der Waals surface area (Å²) < 4.78 is 8.08. The number of fused-ring (bicyclic) bond motifs is 1. The van der Waals surface area contributed by atoms with E-state index in [1.54, 1.807) is 18.2 Å². The third-order valence-electron chi connectivity index (χ3n) is 4.75. The summed E-state index contributed by atoms with van der Waals surface area (Å²) in [5.74, 6) is 0.508. The molecule has 1 N–H and O–H groups in total. The lowest BCUT2D eigenvalue weighted by molar-refractivity contribution is -0.117. The highest BCUT2D eigenvalue weighted by molar-refractivity contribution is 9.10. The van der Waals surface area contributed by atoms with Gasteiger partial charge in [-0.3, -0.25) is 9.48 Å². The average Bonchev–Trinajstić information content (AvgIpc) is 3.28. The van der Waals surface area contributed by atoms with Gasteiger partial charge in [-0.25, -0.2) is 0 Å². The van der Waals surface area contributed by atoms with E-state index in [1.165, 1.54) is 17.3 Å². The second-order valence-corrected chi connectivity index (χ2v) is 7.40. The van der Waals surface area contributed by atoms with Crippen LogP contribution in [0.25, 0.3) is 6.08 Å². The lowest BCUT2D eigenvalue weighted by atomic mass is 9.93. The molecule has 0 fully saturated rings. The van der Waals surface area contributed by atoms with Crippen molar-refractivity contribution in [1.29, 1.82) is 0 Å². The van der Waals surface area contributed by atoms with Crippen LogP contribution in [0.15, 0.2) is 63.8 Å². The number of nitrogens with one attached hydrogen (secondary N) is 1. The molecule has 1 atom stereocenters. The van der Waals surface area contributed by atoms with Crippen LogP contribution >= 0.6 is 15.9 Å². The van der Waals surface area contributed by atoms with Crippen LogP contribution in [-0.2, 0) is 17.8 Å². The molecule has 4 rings (SSSR count). The van der Waals surface area contributed by atoms with Crippen LogP contribution in [0.5, 0.6) is 0 Å². The molecule has 0 saturated heterocycles. The van der Waals surface area contributed by atoms with Crippen LogP contribution in [0, 0.1) is 0 Å². The Balaban J connectivity index is 1.45. The Morgan fingerprint density at radius 2 is 2.15 bits per heavy atom. The minimum absolute atomic E-state index is 0.00115. The van der Waals surface area contributed by atoms with Gasteiger partial charge in [-0.05, 0) is 59.0 Å². The Morgan fingerprint density at radius 1 is 1.30 bits per heavy atom. The summed E-state index contributed by atoms with van der Waals surface area (Å²) in [6, 6.07) is 13.9. The van der Waals surface area contributed by atoms with Crippen molar-refractivity contribution >= 4 is 27.9 Å². The van der Waals surface area contributed by atoms with E-state index < -0.39 is 0 Å². The number of halogens is 1. The molecule has 1 aliphatic carbocycles. The van der Waals surface area contributed by atoms with Crippen LogP contribution in [0.1, 0.15) is 41.5 Å². The van der Waals surface area contributed by atoms with E-state index >= 15 is 0 Å². The van der Waals surface area contributed by atoms with Gasteiger partial charge in [-0.2, -0.15) is 5.10 Å². The molecular weight excluding hydrogens is 406 g/mol. The van der Waals surface area contributed by atoms with E-state index in [4.69, 9.17) is 4.42 Å². The van der Waals surface area contributed by atoms with E-state index in [1.807, 2.05) is 24.4 Å². The zero-order valence-corrected chi connectivity index (χ0v) is 16.4. The van der Waals surface area contributed by atoms with Crippen LogP contribution < -0.4 is 5.32 Å². The summed E-state index contributed by atoms with van der Waals surface area (Å²) in [5, 5.41) is 7.67. The predicted octanol–water partition coefficient (Wildman–Crippen LogP) is 4.49. The Bertz CT molecular complexity index is 959. The quantitative estimate of drug-likeness (QED) is 0.612.